The van der Waals surface area contributed by atoms with E-state index in [1.54, 1.807) is 42.6 Å². The second-order valence-corrected chi connectivity index (χ2v) is 8.60. The van der Waals surface area contributed by atoms with Gasteiger partial charge >= 0.3 is 11.9 Å². The normalized spacial score (nSPS) is 11.4. The fraction of sp³-hybridized carbons (Fsp3) is 0.0741. The number of methoxy groups -OCH3 is 1. The van der Waals surface area contributed by atoms with E-state index in [0.29, 0.717) is 39.4 Å². The third-order valence-corrected chi connectivity index (χ3v) is 5.71. The molecule has 0 spiro atoms. The summed E-state index contributed by atoms with van der Waals surface area (Å²) in [6.07, 6.45) is -3.16. The molecule has 0 aromatic heterocycles. The van der Waals surface area contributed by atoms with Gasteiger partial charge in [-0.25, -0.2) is 0 Å². The van der Waals surface area contributed by atoms with Crippen LogP contribution in [0.1, 0.15) is 11.1 Å². The monoisotopic (exact) mass is 586 g/mol. The van der Waals surface area contributed by atoms with Crippen LogP contribution in [0.2, 0.25) is 0 Å². The van der Waals surface area contributed by atoms with Crippen molar-refractivity contribution in [3.63, 3.8) is 0 Å². The van der Waals surface area contributed by atoms with E-state index >= 15 is 0 Å². The molecule has 0 bridgehead atoms. The maximum Gasteiger partial charge on any atom is 0.416 e. The molecule has 4 rings (SSSR count). The number of rotatable bonds is 8. The number of nitro benzene ring substituents is 1. The van der Waals surface area contributed by atoms with Crippen LogP contribution in [-0.4, -0.2) is 18.2 Å². The Bertz CT molecular complexity index is 1480. The van der Waals surface area contributed by atoms with Crippen molar-refractivity contribution in [2.45, 2.75) is 6.18 Å². The van der Waals surface area contributed by atoms with E-state index in [9.17, 15) is 23.3 Å². The molecule has 0 N–H and O–H groups in total. The Labute approximate surface area is 223 Å². The Balaban J connectivity index is 1.55. The van der Waals surface area contributed by atoms with Crippen molar-refractivity contribution in [3.05, 3.63) is 111 Å². The average molecular weight is 587 g/mol. The first-order valence-electron chi connectivity index (χ1n) is 10.9. The van der Waals surface area contributed by atoms with Gasteiger partial charge in [-0.05, 0) is 82.2 Å². The highest BCUT2D eigenvalue weighted by Crippen LogP contribution is 2.43. The van der Waals surface area contributed by atoms with Crippen LogP contribution in [0.4, 0.5) is 24.5 Å². The van der Waals surface area contributed by atoms with Gasteiger partial charge in [-0.15, -0.1) is 0 Å². The van der Waals surface area contributed by atoms with E-state index in [4.69, 9.17) is 14.2 Å². The van der Waals surface area contributed by atoms with Crippen molar-refractivity contribution < 1.29 is 32.3 Å². The average Bonchev–Trinajstić information content (AvgIpc) is 2.89. The minimum atomic E-state index is -4.74. The molecule has 7 nitrogen and oxygen atoms in total. The Morgan fingerprint density at radius 3 is 2.21 bits per heavy atom. The highest BCUT2D eigenvalue weighted by Gasteiger charge is 2.33. The lowest BCUT2D eigenvalue weighted by atomic mass is 10.1. The second kappa shape index (κ2) is 11.3. The van der Waals surface area contributed by atoms with E-state index in [2.05, 4.69) is 20.9 Å². The minimum Gasteiger partial charge on any atom is -0.493 e. The first-order chi connectivity index (χ1) is 18.1. The van der Waals surface area contributed by atoms with Crippen LogP contribution in [0.15, 0.2) is 94.4 Å². The van der Waals surface area contributed by atoms with Crippen LogP contribution < -0.4 is 14.2 Å². The zero-order chi connectivity index (χ0) is 27.3. The van der Waals surface area contributed by atoms with Gasteiger partial charge in [-0.1, -0.05) is 18.2 Å². The SMILES string of the molecule is COc1cc(C=Nc2ccc(Oc3ccccc3)cc2)cc(Br)c1Oc1ccc(C(F)(F)F)cc1[N+](=O)[O-]. The smallest absolute Gasteiger partial charge is 0.416 e. The van der Waals surface area contributed by atoms with Gasteiger partial charge < -0.3 is 14.2 Å². The first kappa shape index (κ1) is 26.7. The summed E-state index contributed by atoms with van der Waals surface area (Å²) in [7, 11) is 1.36. The van der Waals surface area contributed by atoms with Crippen LogP contribution in [0, 0.1) is 10.1 Å². The Hall–Kier alpha value is -4.38. The van der Waals surface area contributed by atoms with Gasteiger partial charge in [-0.3, -0.25) is 15.1 Å². The molecule has 0 saturated heterocycles. The highest BCUT2D eigenvalue weighted by atomic mass is 79.9. The summed E-state index contributed by atoms with van der Waals surface area (Å²) in [6, 6.07) is 21.7. The number of aliphatic imine (C=N–C) groups is 1. The zero-order valence-electron chi connectivity index (χ0n) is 19.6. The molecule has 4 aromatic carbocycles. The molecule has 0 aliphatic rings. The van der Waals surface area contributed by atoms with E-state index in [-0.39, 0.29) is 17.2 Å². The second-order valence-electron chi connectivity index (χ2n) is 7.74. The van der Waals surface area contributed by atoms with Crippen molar-refractivity contribution in [2.75, 3.05) is 7.11 Å². The van der Waals surface area contributed by atoms with Crippen LogP contribution in [0.25, 0.3) is 0 Å². The number of alkyl halides is 3. The summed E-state index contributed by atoms with van der Waals surface area (Å²) in [5.41, 5.74) is -0.735. The van der Waals surface area contributed by atoms with Gasteiger partial charge in [0, 0.05) is 12.3 Å². The number of nitro groups is 1. The summed E-state index contributed by atoms with van der Waals surface area (Å²) in [6.45, 7) is 0. The number of halogens is 4. The van der Waals surface area contributed by atoms with Gasteiger partial charge in [0.2, 0.25) is 5.75 Å². The molecule has 38 heavy (non-hydrogen) atoms. The van der Waals surface area contributed by atoms with E-state index in [1.807, 2.05) is 30.3 Å². The molecule has 0 aliphatic heterocycles. The maximum absolute atomic E-state index is 13.0. The number of benzene rings is 4. The molecule has 0 heterocycles. The fourth-order valence-corrected chi connectivity index (χ4v) is 3.86. The lowest BCUT2D eigenvalue weighted by molar-refractivity contribution is -0.385. The van der Waals surface area contributed by atoms with Crippen molar-refractivity contribution in [1.82, 2.24) is 0 Å². The van der Waals surface area contributed by atoms with Crippen LogP contribution >= 0.6 is 15.9 Å². The molecule has 0 unspecified atom stereocenters. The topological polar surface area (TPSA) is 83.2 Å². The summed E-state index contributed by atoms with van der Waals surface area (Å²) in [5.74, 6) is 1.22. The molecule has 0 radical (unpaired) electrons. The summed E-state index contributed by atoms with van der Waals surface area (Å²) < 4.78 is 56.1. The molecule has 0 amide bonds. The predicted molar refractivity (Wildman–Crippen MR) is 139 cm³/mol. The Morgan fingerprint density at radius 2 is 1.58 bits per heavy atom. The van der Waals surface area contributed by atoms with Crippen molar-refractivity contribution in [3.8, 4) is 28.7 Å². The van der Waals surface area contributed by atoms with Crippen molar-refractivity contribution in [2.24, 2.45) is 4.99 Å². The number of para-hydroxylation sites is 1. The molecule has 194 valence electrons. The predicted octanol–water partition coefficient (Wildman–Crippen LogP) is 8.72. The van der Waals surface area contributed by atoms with Gasteiger partial charge in [0.15, 0.2) is 11.5 Å². The lowest BCUT2D eigenvalue weighted by Crippen LogP contribution is -2.06. The van der Waals surface area contributed by atoms with Gasteiger partial charge in [-0.2, -0.15) is 13.2 Å². The summed E-state index contributed by atoms with van der Waals surface area (Å²) in [5, 5.41) is 11.4. The van der Waals surface area contributed by atoms with Gasteiger partial charge in [0.1, 0.15) is 11.5 Å². The fourth-order valence-electron chi connectivity index (χ4n) is 3.32. The van der Waals surface area contributed by atoms with E-state index < -0.39 is 22.4 Å². The van der Waals surface area contributed by atoms with Crippen LogP contribution in [0.3, 0.4) is 0 Å². The van der Waals surface area contributed by atoms with Crippen LogP contribution in [0.5, 0.6) is 28.7 Å². The number of hydrogen-bond donors (Lipinski definition) is 0. The first-order valence-corrected chi connectivity index (χ1v) is 11.7. The Morgan fingerprint density at radius 1 is 0.895 bits per heavy atom. The molecule has 0 atom stereocenters. The minimum absolute atomic E-state index is 0.0509. The largest absolute Gasteiger partial charge is 0.493 e. The molecular weight excluding hydrogens is 569 g/mol. The zero-order valence-corrected chi connectivity index (χ0v) is 21.2. The third-order valence-electron chi connectivity index (χ3n) is 5.13. The Kier molecular flexibility index (Phi) is 7.96. The third kappa shape index (κ3) is 6.48. The van der Waals surface area contributed by atoms with E-state index in [1.165, 1.54) is 7.11 Å². The summed E-state index contributed by atoms with van der Waals surface area (Å²) in [4.78, 5) is 14.9. The lowest BCUT2D eigenvalue weighted by Gasteiger charge is -2.14. The quantitative estimate of drug-likeness (QED) is 0.117. The molecular formula is C27H18BrF3N2O5. The van der Waals surface area contributed by atoms with Crippen molar-refractivity contribution in [1.29, 1.82) is 0 Å². The van der Waals surface area contributed by atoms with Crippen LogP contribution in [-0.2, 0) is 6.18 Å². The van der Waals surface area contributed by atoms with Gasteiger partial charge in [0.05, 0.1) is 27.8 Å². The highest BCUT2D eigenvalue weighted by molar-refractivity contribution is 9.10. The number of hydrogen-bond acceptors (Lipinski definition) is 6. The molecule has 11 heteroatoms. The van der Waals surface area contributed by atoms with Gasteiger partial charge in [0.25, 0.3) is 0 Å². The maximum atomic E-state index is 13.0. The molecule has 0 saturated carbocycles. The molecule has 4 aromatic rings. The standard InChI is InChI=1S/C27H18BrF3N2O5/c1-36-25-14-17(16-32-19-8-10-21(11-9-19)37-20-5-3-2-4-6-20)13-22(28)26(25)38-24-12-7-18(27(29,30)31)15-23(24)33(34)35/h2-16H,1H3. The number of nitrogens with zero attached hydrogens (tertiary/aromatic N) is 2. The number of ether oxygens (including phenoxy) is 3. The van der Waals surface area contributed by atoms with E-state index in [0.717, 1.165) is 6.07 Å². The molecule has 0 fully saturated rings. The summed E-state index contributed by atoms with van der Waals surface area (Å²) >= 11 is 3.34. The van der Waals surface area contributed by atoms with Crippen molar-refractivity contribution >= 4 is 33.5 Å². The molecule has 0 aliphatic carbocycles.